The van der Waals surface area contributed by atoms with Crippen LogP contribution in [0.3, 0.4) is 0 Å². The van der Waals surface area contributed by atoms with E-state index in [1.54, 1.807) is 48.8 Å². The summed E-state index contributed by atoms with van der Waals surface area (Å²) in [6.07, 6.45) is 3.33. The fraction of sp³-hybridized carbons (Fsp3) is 0. The smallest absolute Gasteiger partial charge is 0.227 e. The van der Waals surface area contributed by atoms with Crippen LogP contribution in [0.1, 0.15) is 0 Å². The predicted octanol–water partition coefficient (Wildman–Crippen LogP) is 3.85. The Hall–Kier alpha value is -3.67. The van der Waals surface area contributed by atoms with Crippen molar-refractivity contribution in [3.63, 3.8) is 0 Å². The van der Waals surface area contributed by atoms with Crippen LogP contribution in [0.25, 0.3) is 22.2 Å². The lowest BCUT2D eigenvalue weighted by atomic mass is 10.1. The highest BCUT2D eigenvalue weighted by molar-refractivity contribution is 5.82. The fourth-order valence-electron chi connectivity index (χ4n) is 2.52. The summed E-state index contributed by atoms with van der Waals surface area (Å²) in [6, 6.07) is 15.6. The molecule has 3 N–H and O–H groups in total. The summed E-state index contributed by atoms with van der Waals surface area (Å²) in [4.78, 5) is 13.1. The lowest BCUT2D eigenvalue weighted by Gasteiger charge is -2.07. The van der Waals surface area contributed by atoms with Gasteiger partial charge in [0.25, 0.3) is 0 Å². The van der Waals surface area contributed by atoms with Gasteiger partial charge in [0.2, 0.25) is 5.95 Å². The number of fused-ring (bicyclic) bond motifs is 1. The lowest BCUT2D eigenvalue weighted by molar-refractivity contribution is 0.475. The van der Waals surface area contributed by atoms with E-state index in [0.717, 1.165) is 11.3 Å². The van der Waals surface area contributed by atoms with Crippen molar-refractivity contribution in [2.45, 2.75) is 0 Å². The van der Waals surface area contributed by atoms with E-state index in [0.29, 0.717) is 22.5 Å². The standard InChI is InChI=1S/C19H14N4O2/c24-14-7-5-13(6-8-14)22-19-21-11-17-16(23-19)9-12(10-20-17)15-3-1-2-4-18(15)25/h1-11,24-25H,(H,21,22,23). The van der Waals surface area contributed by atoms with Crippen molar-refractivity contribution >= 4 is 22.7 Å². The molecule has 0 bridgehead atoms. The molecule has 0 radical (unpaired) electrons. The average molecular weight is 330 g/mol. The van der Waals surface area contributed by atoms with Crippen molar-refractivity contribution in [1.29, 1.82) is 0 Å². The van der Waals surface area contributed by atoms with Gasteiger partial charge in [-0.1, -0.05) is 18.2 Å². The summed E-state index contributed by atoms with van der Waals surface area (Å²) in [6.45, 7) is 0. The van der Waals surface area contributed by atoms with Gasteiger partial charge in [-0.05, 0) is 36.4 Å². The average Bonchev–Trinajstić information content (AvgIpc) is 2.63. The lowest BCUT2D eigenvalue weighted by Crippen LogP contribution is -1.97. The van der Waals surface area contributed by atoms with E-state index in [4.69, 9.17) is 0 Å². The summed E-state index contributed by atoms with van der Waals surface area (Å²) < 4.78 is 0. The summed E-state index contributed by atoms with van der Waals surface area (Å²) >= 11 is 0. The van der Waals surface area contributed by atoms with Gasteiger partial charge in [-0.15, -0.1) is 0 Å². The van der Waals surface area contributed by atoms with Crippen LogP contribution in [-0.4, -0.2) is 25.2 Å². The second-order valence-electron chi connectivity index (χ2n) is 5.51. The zero-order valence-electron chi connectivity index (χ0n) is 13.1. The number of pyridine rings is 1. The second kappa shape index (κ2) is 6.09. The molecular formula is C19H14N4O2. The van der Waals surface area contributed by atoms with Crippen molar-refractivity contribution in [1.82, 2.24) is 15.0 Å². The Kier molecular flexibility index (Phi) is 3.63. The highest BCUT2D eigenvalue weighted by Gasteiger charge is 2.07. The molecule has 0 aliphatic heterocycles. The first-order valence-electron chi connectivity index (χ1n) is 7.66. The summed E-state index contributed by atoms with van der Waals surface area (Å²) in [5, 5.41) is 22.4. The van der Waals surface area contributed by atoms with Crippen LogP contribution in [0.15, 0.2) is 67.0 Å². The molecule has 2 heterocycles. The molecule has 0 aliphatic rings. The van der Waals surface area contributed by atoms with Crippen LogP contribution in [-0.2, 0) is 0 Å². The van der Waals surface area contributed by atoms with Gasteiger partial charge in [0.15, 0.2) is 0 Å². The zero-order valence-corrected chi connectivity index (χ0v) is 13.1. The normalized spacial score (nSPS) is 10.7. The number of para-hydroxylation sites is 1. The Morgan fingerprint density at radius 3 is 2.40 bits per heavy atom. The maximum absolute atomic E-state index is 10.0. The number of nitrogens with zero attached hydrogens (tertiary/aromatic N) is 3. The molecule has 6 nitrogen and oxygen atoms in total. The third kappa shape index (κ3) is 3.05. The quantitative estimate of drug-likeness (QED) is 0.494. The number of hydrogen-bond donors (Lipinski definition) is 3. The predicted molar refractivity (Wildman–Crippen MR) is 95.8 cm³/mol. The van der Waals surface area contributed by atoms with E-state index < -0.39 is 0 Å². The topological polar surface area (TPSA) is 91.2 Å². The van der Waals surface area contributed by atoms with Crippen molar-refractivity contribution in [2.75, 3.05) is 5.32 Å². The minimum absolute atomic E-state index is 0.195. The number of benzene rings is 2. The Balaban J connectivity index is 1.71. The maximum Gasteiger partial charge on any atom is 0.227 e. The largest absolute Gasteiger partial charge is 0.508 e. The second-order valence-corrected chi connectivity index (χ2v) is 5.51. The number of rotatable bonds is 3. The SMILES string of the molecule is Oc1ccc(Nc2ncc3ncc(-c4ccccc4O)cc3n2)cc1. The van der Waals surface area contributed by atoms with Crippen LogP contribution in [0, 0.1) is 0 Å². The Bertz CT molecular complexity index is 1050. The van der Waals surface area contributed by atoms with Gasteiger partial charge in [0.1, 0.15) is 17.0 Å². The van der Waals surface area contributed by atoms with E-state index >= 15 is 0 Å². The van der Waals surface area contributed by atoms with Gasteiger partial charge >= 0.3 is 0 Å². The van der Waals surface area contributed by atoms with E-state index in [1.807, 2.05) is 18.2 Å². The van der Waals surface area contributed by atoms with E-state index in [9.17, 15) is 10.2 Å². The summed E-state index contributed by atoms with van der Waals surface area (Å²) in [5.74, 6) is 0.816. The van der Waals surface area contributed by atoms with Crippen molar-refractivity contribution in [2.24, 2.45) is 0 Å². The molecule has 25 heavy (non-hydrogen) atoms. The molecule has 0 spiro atoms. The number of nitrogens with one attached hydrogen (secondary N) is 1. The highest BCUT2D eigenvalue weighted by atomic mass is 16.3. The number of aromatic nitrogens is 3. The Morgan fingerprint density at radius 2 is 1.60 bits per heavy atom. The molecule has 0 saturated carbocycles. The Morgan fingerprint density at radius 1 is 0.800 bits per heavy atom. The third-order valence-corrected chi connectivity index (χ3v) is 3.77. The minimum Gasteiger partial charge on any atom is -0.508 e. The molecule has 0 saturated heterocycles. The first-order chi connectivity index (χ1) is 12.2. The maximum atomic E-state index is 10.0. The van der Waals surface area contributed by atoms with Gasteiger partial charge in [-0.3, -0.25) is 4.98 Å². The van der Waals surface area contributed by atoms with Crippen molar-refractivity contribution in [3.05, 3.63) is 67.0 Å². The van der Waals surface area contributed by atoms with Gasteiger partial charge in [0, 0.05) is 23.0 Å². The van der Waals surface area contributed by atoms with Crippen LogP contribution in [0.4, 0.5) is 11.6 Å². The van der Waals surface area contributed by atoms with Crippen molar-refractivity contribution < 1.29 is 10.2 Å². The number of hydrogen-bond acceptors (Lipinski definition) is 6. The van der Waals surface area contributed by atoms with Crippen LogP contribution in [0.5, 0.6) is 11.5 Å². The van der Waals surface area contributed by atoms with Crippen LogP contribution >= 0.6 is 0 Å². The summed E-state index contributed by atoms with van der Waals surface area (Å²) in [7, 11) is 0. The molecule has 6 heteroatoms. The molecule has 122 valence electrons. The van der Waals surface area contributed by atoms with Crippen molar-refractivity contribution in [3.8, 4) is 22.6 Å². The molecule has 2 aromatic carbocycles. The Labute approximate surface area is 143 Å². The van der Waals surface area contributed by atoms with E-state index in [1.165, 1.54) is 0 Å². The molecule has 2 aromatic heterocycles. The molecule has 0 amide bonds. The fourth-order valence-corrected chi connectivity index (χ4v) is 2.52. The van der Waals surface area contributed by atoms with Gasteiger partial charge in [-0.25, -0.2) is 9.97 Å². The molecular weight excluding hydrogens is 316 g/mol. The number of anilines is 2. The molecule has 0 aliphatic carbocycles. The van der Waals surface area contributed by atoms with E-state index in [-0.39, 0.29) is 11.5 Å². The van der Waals surface area contributed by atoms with Crippen LogP contribution < -0.4 is 5.32 Å². The molecule has 4 aromatic rings. The first-order valence-corrected chi connectivity index (χ1v) is 7.66. The summed E-state index contributed by atoms with van der Waals surface area (Å²) in [5.41, 5.74) is 3.57. The monoisotopic (exact) mass is 330 g/mol. The van der Waals surface area contributed by atoms with Crippen LogP contribution in [0.2, 0.25) is 0 Å². The molecule has 0 unspecified atom stereocenters. The number of phenols is 2. The zero-order chi connectivity index (χ0) is 17.2. The van der Waals surface area contributed by atoms with Gasteiger partial charge in [0.05, 0.1) is 11.7 Å². The third-order valence-electron chi connectivity index (χ3n) is 3.77. The van der Waals surface area contributed by atoms with Gasteiger partial charge in [-0.2, -0.15) is 0 Å². The first kappa shape index (κ1) is 14.9. The number of aromatic hydroxyl groups is 2. The molecule has 4 rings (SSSR count). The minimum atomic E-state index is 0.195. The molecule has 0 atom stereocenters. The van der Waals surface area contributed by atoms with Gasteiger partial charge < -0.3 is 15.5 Å². The van der Waals surface area contributed by atoms with E-state index in [2.05, 4.69) is 20.3 Å². The number of phenolic OH excluding ortho intramolecular Hbond substituents is 2. The molecule has 0 fully saturated rings. The highest BCUT2D eigenvalue weighted by Crippen LogP contribution is 2.29.